The van der Waals surface area contributed by atoms with Crippen molar-refractivity contribution in [3.8, 4) is 23.0 Å². The summed E-state index contributed by atoms with van der Waals surface area (Å²) in [6, 6.07) is 17.3. The summed E-state index contributed by atoms with van der Waals surface area (Å²) in [5.74, 6) is 1.00. The van der Waals surface area contributed by atoms with E-state index in [1.807, 2.05) is 18.2 Å². The molecule has 0 radical (unpaired) electrons. The molecule has 11 heteroatoms. The number of nitrogens with one attached hydrogen (secondary N) is 1. The van der Waals surface area contributed by atoms with Gasteiger partial charge in [-0.25, -0.2) is 0 Å². The lowest BCUT2D eigenvalue weighted by Crippen LogP contribution is -2.27. The van der Waals surface area contributed by atoms with E-state index in [0.29, 0.717) is 44.8 Å². The van der Waals surface area contributed by atoms with Crippen molar-refractivity contribution in [2.75, 3.05) is 25.8 Å². The van der Waals surface area contributed by atoms with Crippen LogP contribution in [0.15, 0.2) is 65.6 Å². The van der Waals surface area contributed by atoms with Gasteiger partial charge in [0, 0.05) is 16.8 Å². The number of halogens is 1. The van der Waals surface area contributed by atoms with E-state index in [4.69, 9.17) is 30.5 Å². The summed E-state index contributed by atoms with van der Waals surface area (Å²) >= 11 is 7.16. The highest BCUT2D eigenvalue weighted by atomic mass is 35.5. The Kier molecular flexibility index (Phi) is 7.43. The number of anilines is 1. The van der Waals surface area contributed by atoms with E-state index in [0.717, 1.165) is 16.7 Å². The molecule has 2 aliphatic heterocycles. The Balaban J connectivity index is 1.26. The molecule has 38 heavy (non-hydrogen) atoms. The van der Waals surface area contributed by atoms with Gasteiger partial charge in [-0.2, -0.15) is 0 Å². The Morgan fingerprint density at radius 1 is 1.08 bits per heavy atom. The molecular formula is C27H21ClN2O7S. The second-order valence-corrected chi connectivity index (χ2v) is 9.58. The molecule has 0 saturated carbocycles. The predicted molar refractivity (Wildman–Crippen MR) is 143 cm³/mol. The number of amides is 3. The van der Waals surface area contributed by atoms with Crippen molar-refractivity contribution in [3.05, 3.63) is 81.7 Å². The van der Waals surface area contributed by atoms with Crippen molar-refractivity contribution >= 4 is 52.2 Å². The first kappa shape index (κ1) is 25.5. The van der Waals surface area contributed by atoms with Gasteiger partial charge >= 0.3 is 0 Å². The molecule has 0 aromatic heterocycles. The predicted octanol–water partition coefficient (Wildman–Crippen LogP) is 5.33. The zero-order valence-electron chi connectivity index (χ0n) is 20.1. The molecule has 9 nitrogen and oxygen atoms in total. The highest BCUT2D eigenvalue weighted by Gasteiger charge is 2.35. The van der Waals surface area contributed by atoms with E-state index in [2.05, 4.69) is 5.32 Å². The highest BCUT2D eigenvalue weighted by Crippen LogP contribution is 2.40. The van der Waals surface area contributed by atoms with E-state index in [1.54, 1.807) is 48.5 Å². The van der Waals surface area contributed by atoms with Crippen molar-refractivity contribution < 1.29 is 33.3 Å². The number of ether oxygens (including phenoxy) is 4. The van der Waals surface area contributed by atoms with Crippen molar-refractivity contribution in [1.82, 2.24) is 4.90 Å². The maximum Gasteiger partial charge on any atom is 0.293 e. The number of carbonyl (C=O) groups is 3. The molecule has 0 atom stereocenters. The average molecular weight is 553 g/mol. The average Bonchev–Trinajstić information content (AvgIpc) is 3.47. The third-order valence-corrected chi connectivity index (χ3v) is 6.90. The highest BCUT2D eigenvalue weighted by molar-refractivity contribution is 8.18. The molecule has 3 aromatic carbocycles. The van der Waals surface area contributed by atoms with E-state index >= 15 is 0 Å². The number of benzene rings is 3. The van der Waals surface area contributed by atoms with Crippen LogP contribution in [0, 0.1) is 0 Å². The zero-order valence-corrected chi connectivity index (χ0v) is 21.6. The van der Waals surface area contributed by atoms with Gasteiger partial charge in [0.25, 0.3) is 17.1 Å². The minimum Gasteiger partial charge on any atom is -0.493 e. The van der Waals surface area contributed by atoms with E-state index in [1.165, 1.54) is 7.11 Å². The van der Waals surface area contributed by atoms with Crippen molar-refractivity contribution in [2.24, 2.45) is 0 Å². The molecule has 0 spiro atoms. The van der Waals surface area contributed by atoms with E-state index in [9.17, 15) is 14.4 Å². The van der Waals surface area contributed by atoms with Crippen molar-refractivity contribution in [3.63, 3.8) is 0 Å². The lowest BCUT2D eigenvalue weighted by atomic mass is 10.1. The number of para-hydroxylation sites is 1. The van der Waals surface area contributed by atoms with Crippen LogP contribution in [0.5, 0.6) is 23.0 Å². The van der Waals surface area contributed by atoms with Gasteiger partial charge in [0.2, 0.25) is 6.79 Å². The lowest BCUT2D eigenvalue weighted by molar-refractivity contribution is -0.123. The third-order valence-electron chi connectivity index (χ3n) is 5.65. The second kappa shape index (κ2) is 11.1. The molecule has 1 fully saturated rings. The fraction of sp³-hybridized carbons (Fsp3) is 0.148. The first-order valence-electron chi connectivity index (χ1n) is 11.4. The first-order chi connectivity index (χ1) is 18.4. The molecular weight excluding hydrogens is 532 g/mol. The van der Waals surface area contributed by atoms with Crippen molar-refractivity contribution in [2.45, 2.75) is 6.54 Å². The molecule has 0 bridgehead atoms. The SMILES string of the molecule is COc1cc(/C=C2\SC(=O)N(Cc3cc4c(cc3Cl)OCO4)C2=O)ccc1OCC(=O)Nc1ccccc1. The molecule has 2 heterocycles. The van der Waals surface area contributed by atoms with Gasteiger partial charge in [0.1, 0.15) is 0 Å². The summed E-state index contributed by atoms with van der Waals surface area (Å²) in [6.45, 7) is -0.127. The number of thioether (sulfide) groups is 1. The number of rotatable bonds is 8. The summed E-state index contributed by atoms with van der Waals surface area (Å²) in [6.07, 6.45) is 1.60. The molecule has 0 aliphatic carbocycles. The number of fused-ring (bicyclic) bond motifs is 1. The summed E-state index contributed by atoms with van der Waals surface area (Å²) in [7, 11) is 1.47. The van der Waals surface area contributed by atoms with Crippen LogP contribution in [-0.2, 0) is 16.1 Å². The molecule has 1 N–H and O–H groups in total. The van der Waals surface area contributed by atoms with Crippen LogP contribution in [0.2, 0.25) is 5.02 Å². The maximum atomic E-state index is 13.0. The number of carbonyl (C=O) groups excluding carboxylic acids is 3. The smallest absolute Gasteiger partial charge is 0.293 e. The monoisotopic (exact) mass is 552 g/mol. The third kappa shape index (κ3) is 5.56. The standard InChI is InChI=1S/C27H21ClN2O7S/c1-34-21-9-16(7-8-20(21)35-14-25(31)29-18-5-3-2-4-6-18)10-24-26(32)30(27(33)38-24)13-17-11-22-23(12-19(17)28)37-15-36-22/h2-12H,13-15H2,1H3,(H,29,31)/b24-10-. The zero-order chi connectivity index (χ0) is 26.6. The van der Waals surface area contributed by atoms with Gasteiger partial charge in [0.15, 0.2) is 29.6 Å². The van der Waals surface area contributed by atoms with Gasteiger partial charge in [0.05, 0.1) is 18.6 Å². The van der Waals surface area contributed by atoms with Crippen LogP contribution in [0.3, 0.4) is 0 Å². The second-order valence-electron chi connectivity index (χ2n) is 8.18. The molecule has 0 unspecified atom stereocenters. The van der Waals surface area contributed by atoms with E-state index in [-0.39, 0.29) is 30.8 Å². The van der Waals surface area contributed by atoms with Crippen LogP contribution >= 0.6 is 23.4 Å². The van der Waals surface area contributed by atoms with Gasteiger partial charge in [-0.15, -0.1) is 0 Å². The lowest BCUT2D eigenvalue weighted by Gasteiger charge is -2.14. The largest absolute Gasteiger partial charge is 0.493 e. The Bertz CT molecular complexity index is 1440. The Hall–Kier alpha value is -4.15. The molecule has 2 aliphatic rings. The fourth-order valence-electron chi connectivity index (χ4n) is 3.79. The summed E-state index contributed by atoms with van der Waals surface area (Å²) in [5, 5.41) is 2.70. The topological polar surface area (TPSA) is 103 Å². The van der Waals surface area contributed by atoms with Gasteiger partial charge in [-0.1, -0.05) is 35.9 Å². The number of nitrogens with zero attached hydrogens (tertiary/aromatic N) is 1. The van der Waals surface area contributed by atoms with Crippen LogP contribution < -0.4 is 24.3 Å². The van der Waals surface area contributed by atoms with Crippen molar-refractivity contribution in [1.29, 1.82) is 0 Å². The minimum atomic E-state index is -0.439. The molecule has 5 rings (SSSR count). The molecule has 1 saturated heterocycles. The summed E-state index contributed by atoms with van der Waals surface area (Å²) in [4.78, 5) is 39.3. The number of hydrogen-bond acceptors (Lipinski definition) is 8. The van der Waals surface area contributed by atoms with E-state index < -0.39 is 11.1 Å². The van der Waals surface area contributed by atoms with Crippen LogP contribution in [0.4, 0.5) is 10.5 Å². The number of imide groups is 1. The first-order valence-corrected chi connectivity index (χ1v) is 12.6. The Morgan fingerprint density at radius 3 is 2.61 bits per heavy atom. The normalized spacial score (nSPS) is 15.2. The molecule has 3 amide bonds. The van der Waals surface area contributed by atoms with Crippen LogP contribution in [0.25, 0.3) is 6.08 Å². The Labute approximate surface area is 227 Å². The summed E-state index contributed by atoms with van der Waals surface area (Å²) < 4.78 is 21.7. The maximum absolute atomic E-state index is 13.0. The van der Waals surface area contributed by atoms with Gasteiger partial charge in [-0.05, 0) is 59.3 Å². The van der Waals surface area contributed by atoms with Crippen LogP contribution in [0.1, 0.15) is 11.1 Å². The number of hydrogen-bond donors (Lipinski definition) is 1. The Morgan fingerprint density at radius 2 is 1.84 bits per heavy atom. The quantitative estimate of drug-likeness (QED) is 0.374. The fourth-order valence-corrected chi connectivity index (χ4v) is 4.85. The van der Waals surface area contributed by atoms with Gasteiger partial charge in [-0.3, -0.25) is 19.3 Å². The molecule has 194 valence electrons. The van der Waals surface area contributed by atoms with Gasteiger partial charge < -0.3 is 24.3 Å². The minimum absolute atomic E-state index is 0.00136. The molecule has 3 aromatic rings. The number of methoxy groups -OCH3 is 1. The van der Waals surface area contributed by atoms with Crippen LogP contribution in [-0.4, -0.2) is 42.5 Å². The summed E-state index contributed by atoms with van der Waals surface area (Å²) in [5.41, 5.74) is 1.85.